The maximum atomic E-state index is 6.14. The molecular weight excluding hydrogens is 274 g/mol. The summed E-state index contributed by atoms with van der Waals surface area (Å²) in [5, 5.41) is 0. The molecule has 0 aromatic heterocycles. The topological polar surface area (TPSA) is 26.0 Å². The Morgan fingerprint density at radius 3 is 2.52 bits per heavy atom. The molecule has 0 spiro atoms. The third-order valence-electron chi connectivity index (χ3n) is 3.70. The number of aryl methyl sites for hydroxylation is 2. The molecule has 2 N–H and O–H groups in total. The van der Waals surface area contributed by atoms with Gasteiger partial charge in [-0.25, -0.2) is 0 Å². The lowest BCUT2D eigenvalue weighted by atomic mass is 10.0. The molecular formula is C19H25NS. The van der Waals surface area contributed by atoms with Crippen molar-refractivity contribution in [3.05, 3.63) is 64.7 Å². The fourth-order valence-electron chi connectivity index (χ4n) is 2.40. The molecule has 21 heavy (non-hydrogen) atoms. The number of nitrogens with two attached hydrogens (primary N) is 1. The Morgan fingerprint density at radius 2 is 1.81 bits per heavy atom. The van der Waals surface area contributed by atoms with Crippen LogP contribution >= 0.6 is 11.8 Å². The van der Waals surface area contributed by atoms with E-state index >= 15 is 0 Å². The largest absolute Gasteiger partial charge is 0.327 e. The summed E-state index contributed by atoms with van der Waals surface area (Å²) in [4.78, 5) is 1.37. The molecule has 2 aromatic rings. The highest BCUT2D eigenvalue weighted by Crippen LogP contribution is 2.28. The lowest BCUT2D eigenvalue weighted by Crippen LogP contribution is -2.21. The highest BCUT2D eigenvalue weighted by atomic mass is 32.2. The highest BCUT2D eigenvalue weighted by Gasteiger charge is 2.08. The van der Waals surface area contributed by atoms with Crippen LogP contribution in [0.1, 0.15) is 35.6 Å². The van der Waals surface area contributed by atoms with E-state index in [2.05, 4.69) is 63.2 Å². The van der Waals surface area contributed by atoms with E-state index in [1.165, 1.54) is 27.1 Å². The average molecular weight is 299 g/mol. The van der Waals surface area contributed by atoms with Crippen LogP contribution in [-0.2, 0) is 12.2 Å². The van der Waals surface area contributed by atoms with Crippen LogP contribution in [0.5, 0.6) is 0 Å². The van der Waals surface area contributed by atoms with Gasteiger partial charge in [0.2, 0.25) is 0 Å². The summed E-state index contributed by atoms with van der Waals surface area (Å²) in [6.07, 6.45) is 1.99. The zero-order valence-electron chi connectivity index (χ0n) is 13.2. The van der Waals surface area contributed by atoms with Crippen molar-refractivity contribution in [2.75, 3.05) is 0 Å². The molecule has 0 amide bonds. The molecule has 2 heteroatoms. The van der Waals surface area contributed by atoms with E-state index in [0.717, 1.165) is 18.6 Å². The molecule has 0 saturated carbocycles. The maximum Gasteiger partial charge on any atom is 0.0232 e. The van der Waals surface area contributed by atoms with Crippen molar-refractivity contribution in [3.8, 4) is 0 Å². The van der Waals surface area contributed by atoms with E-state index in [1.54, 1.807) is 0 Å². The van der Waals surface area contributed by atoms with Crippen LogP contribution < -0.4 is 5.73 Å². The molecule has 1 nitrogen and oxygen atoms in total. The van der Waals surface area contributed by atoms with Gasteiger partial charge >= 0.3 is 0 Å². The second kappa shape index (κ2) is 7.67. The summed E-state index contributed by atoms with van der Waals surface area (Å²) in [6, 6.07) is 15.7. The lowest BCUT2D eigenvalue weighted by molar-refractivity contribution is 0.641. The van der Waals surface area contributed by atoms with Crippen LogP contribution in [0.3, 0.4) is 0 Å². The van der Waals surface area contributed by atoms with Crippen molar-refractivity contribution in [1.82, 2.24) is 0 Å². The number of thioether (sulfide) groups is 1. The van der Waals surface area contributed by atoms with Crippen LogP contribution in [0, 0.1) is 13.8 Å². The van der Waals surface area contributed by atoms with Gasteiger partial charge in [-0.1, -0.05) is 54.4 Å². The molecule has 0 bridgehead atoms. The third kappa shape index (κ3) is 4.90. The Kier molecular flexibility index (Phi) is 5.89. The second-order valence-electron chi connectivity index (χ2n) is 5.76. The van der Waals surface area contributed by atoms with Crippen LogP contribution in [0.15, 0.2) is 47.4 Å². The summed E-state index contributed by atoms with van der Waals surface area (Å²) in [7, 11) is 0. The van der Waals surface area contributed by atoms with E-state index < -0.39 is 0 Å². The van der Waals surface area contributed by atoms with E-state index in [-0.39, 0.29) is 6.04 Å². The molecule has 0 saturated heterocycles. The summed E-state index contributed by atoms with van der Waals surface area (Å²) < 4.78 is 0. The third-order valence-corrected chi connectivity index (χ3v) is 4.89. The van der Waals surface area contributed by atoms with Crippen LogP contribution in [-0.4, -0.2) is 6.04 Å². The van der Waals surface area contributed by atoms with Gasteiger partial charge in [0.05, 0.1) is 0 Å². The first-order valence-corrected chi connectivity index (χ1v) is 8.60. The predicted molar refractivity (Wildman–Crippen MR) is 93.9 cm³/mol. The second-order valence-corrected chi connectivity index (χ2v) is 6.78. The molecule has 0 fully saturated rings. The Morgan fingerprint density at radius 1 is 1.05 bits per heavy atom. The van der Waals surface area contributed by atoms with Gasteiger partial charge in [-0.05, 0) is 43.9 Å². The maximum absolute atomic E-state index is 6.14. The summed E-state index contributed by atoms with van der Waals surface area (Å²) in [5.41, 5.74) is 11.6. The normalized spacial score (nSPS) is 12.4. The first-order chi connectivity index (χ1) is 10.1. The first kappa shape index (κ1) is 16.1. The van der Waals surface area contributed by atoms with Crippen molar-refractivity contribution in [3.63, 3.8) is 0 Å². The monoisotopic (exact) mass is 299 g/mol. The quantitative estimate of drug-likeness (QED) is 0.770. The average Bonchev–Trinajstić information content (AvgIpc) is 2.46. The van der Waals surface area contributed by atoms with Crippen molar-refractivity contribution >= 4 is 11.8 Å². The molecule has 1 atom stereocenters. The van der Waals surface area contributed by atoms with E-state index in [1.807, 2.05) is 11.8 Å². The minimum absolute atomic E-state index is 0.255. The van der Waals surface area contributed by atoms with Crippen LogP contribution in [0.25, 0.3) is 0 Å². The fraction of sp³-hybridized carbons (Fsp3) is 0.368. The molecule has 0 aliphatic rings. The Hall–Kier alpha value is -1.25. The highest BCUT2D eigenvalue weighted by molar-refractivity contribution is 7.98. The first-order valence-electron chi connectivity index (χ1n) is 7.62. The number of benzene rings is 2. The number of hydrogen-bond donors (Lipinski definition) is 1. The van der Waals surface area contributed by atoms with E-state index in [9.17, 15) is 0 Å². The minimum Gasteiger partial charge on any atom is -0.327 e. The fourth-order valence-corrected chi connectivity index (χ4v) is 3.39. The molecule has 1 unspecified atom stereocenters. The van der Waals surface area contributed by atoms with Crippen molar-refractivity contribution in [1.29, 1.82) is 0 Å². The number of rotatable bonds is 6. The van der Waals surface area contributed by atoms with E-state index in [0.29, 0.717) is 0 Å². The van der Waals surface area contributed by atoms with Crippen molar-refractivity contribution in [2.24, 2.45) is 5.73 Å². The lowest BCUT2D eigenvalue weighted by Gasteiger charge is -2.14. The van der Waals surface area contributed by atoms with Gasteiger partial charge in [0.15, 0.2) is 0 Å². The van der Waals surface area contributed by atoms with Gasteiger partial charge in [-0.15, -0.1) is 11.8 Å². The standard InChI is InChI=1S/C19H25NS/c1-4-18(20)12-17-11-15(3)8-9-19(17)21-13-16-7-5-6-14(2)10-16/h5-11,18H,4,12-13,20H2,1-3H3. The molecule has 0 aliphatic heterocycles. The Labute approximate surface area is 133 Å². The predicted octanol–water partition coefficient (Wildman–Crippen LogP) is 4.88. The summed E-state index contributed by atoms with van der Waals surface area (Å²) >= 11 is 1.91. The molecule has 0 radical (unpaired) electrons. The van der Waals surface area contributed by atoms with Gasteiger partial charge in [-0.3, -0.25) is 0 Å². The molecule has 0 aliphatic carbocycles. The van der Waals surface area contributed by atoms with Crippen molar-refractivity contribution < 1.29 is 0 Å². The van der Waals surface area contributed by atoms with Crippen LogP contribution in [0.4, 0.5) is 0 Å². The molecule has 2 aromatic carbocycles. The minimum atomic E-state index is 0.255. The summed E-state index contributed by atoms with van der Waals surface area (Å²) in [5.74, 6) is 1.01. The smallest absolute Gasteiger partial charge is 0.0232 e. The zero-order valence-corrected chi connectivity index (χ0v) is 14.0. The molecule has 112 valence electrons. The number of hydrogen-bond acceptors (Lipinski definition) is 2. The SMILES string of the molecule is CCC(N)Cc1cc(C)ccc1SCc1cccc(C)c1. The van der Waals surface area contributed by atoms with E-state index in [4.69, 9.17) is 5.73 Å². The Balaban J connectivity index is 2.11. The zero-order chi connectivity index (χ0) is 15.2. The summed E-state index contributed by atoms with van der Waals surface area (Å²) in [6.45, 7) is 6.45. The van der Waals surface area contributed by atoms with Crippen molar-refractivity contribution in [2.45, 2.75) is 50.3 Å². The van der Waals surface area contributed by atoms with Gasteiger partial charge in [0, 0.05) is 16.7 Å². The van der Waals surface area contributed by atoms with Crippen LogP contribution in [0.2, 0.25) is 0 Å². The van der Waals surface area contributed by atoms with Gasteiger partial charge in [0.1, 0.15) is 0 Å². The van der Waals surface area contributed by atoms with Gasteiger partial charge < -0.3 is 5.73 Å². The van der Waals surface area contributed by atoms with Gasteiger partial charge in [-0.2, -0.15) is 0 Å². The molecule has 2 rings (SSSR count). The molecule has 0 heterocycles. The Bertz CT molecular complexity index is 592. The van der Waals surface area contributed by atoms with Gasteiger partial charge in [0.25, 0.3) is 0 Å².